The molecule has 84 valence electrons. The van der Waals surface area contributed by atoms with Crippen molar-refractivity contribution < 1.29 is 8.76 Å². The summed E-state index contributed by atoms with van der Waals surface area (Å²) in [5.74, 6) is 0. The summed E-state index contributed by atoms with van der Waals surface area (Å²) in [4.78, 5) is 2.26. The zero-order valence-electron chi connectivity index (χ0n) is 8.07. The molecule has 1 aromatic rings. The molecule has 0 fully saturated rings. The van der Waals surface area contributed by atoms with Crippen LogP contribution >= 0.6 is 11.6 Å². The Kier molecular flexibility index (Phi) is 3.12. The largest absolute Gasteiger partial charge is 0.759 e. The molecule has 0 saturated carbocycles. The van der Waals surface area contributed by atoms with E-state index in [0.29, 0.717) is 29.2 Å². The molecule has 0 aliphatic carbocycles. The third-order valence-electron chi connectivity index (χ3n) is 2.33. The van der Waals surface area contributed by atoms with Crippen molar-refractivity contribution in [2.75, 3.05) is 11.6 Å². The predicted molar refractivity (Wildman–Crippen MR) is 59.3 cm³/mol. The molecule has 5 nitrogen and oxygen atoms in total. The molecule has 16 heavy (non-hydrogen) atoms. The maximum Gasteiger partial charge on any atom is 0.0992 e. The van der Waals surface area contributed by atoms with E-state index in [-0.39, 0.29) is 0 Å². The Balaban J connectivity index is 2.40. The molecule has 7 heteroatoms. The molecular formula is C9H7ClN3O2S-. The molecule has 0 aromatic heterocycles. The minimum Gasteiger partial charge on any atom is -0.759 e. The third-order valence-corrected chi connectivity index (χ3v) is 2.99. The van der Waals surface area contributed by atoms with Crippen molar-refractivity contribution in [1.82, 2.24) is 4.83 Å². The fraction of sp³-hybridized carbons (Fsp3) is 0.222. The van der Waals surface area contributed by atoms with Crippen LogP contribution in [0.3, 0.4) is 0 Å². The standard InChI is InChI=1S/C9H8ClN3O2S/c10-8-4-6(5-11)3-7-1-2-13(9(7)8)12-16(14)15/h3-4,12H,1-2H2,(H,14,15)/p-1. The number of benzene rings is 1. The highest BCUT2D eigenvalue weighted by Crippen LogP contribution is 2.35. The van der Waals surface area contributed by atoms with E-state index in [1.54, 1.807) is 6.07 Å². The smallest absolute Gasteiger partial charge is 0.0992 e. The second-order valence-corrected chi connectivity index (χ2v) is 4.36. The molecule has 0 saturated heterocycles. The number of fused-ring (bicyclic) bond motifs is 1. The van der Waals surface area contributed by atoms with Crippen molar-refractivity contribution in [1.29, 1.82) is 5.26 Å². The topological polar surface area (TPSA) is 79.2 Å². The van der Waals surface area contributed by atoms with Crippen LogP contribution in [-0.2, 0) is 17.7 Å². The maximum atomic E-state index is 10.6. The highest BCUT2D eigenvalue weighted by molar-refractivity contribution is 7.77. The molecule has 1 aliphatic heterocycles. The predicted octanol–water partition coefficient (Wildman–Crippen LogP) is 0.873. The van der Waals surface area contributed by atoms with E-state index in [9.17, 15) is 8.76 Å². The molecule has 1 aliphatic rings. The molecule has 1 N–H and O–H groups in total. The Labute approximate surface area is 100 Å². The summed E-state index contributed by atoms with van der Waals surface area (Å²) in [7, 11) is 0. The van der Waals surface area contributed by atoms with Gasteiger partial charge < -0.3 is 4.55 Å². The van der Waals surface area contributed by atoms with Crippen LogP contribution in [0.5, 0.6) is 0 Å². The van der Waals surface area contributed by atoms with Gasteiger partial charge in [-0.3, -0.25) is 9.22 Å². The molecule has 0 radical (unpaired) electrons. The Morgan fingerprint density at radius 2 is 2.38 bits per heavy atom. The van der Waals surface area contributed by atoms with Gasteiger partial charge in [-0.05, 0) is 24.1 Å². The fourth-order valence-corrected chi connectivity index (χ4v) is 2.44. The lowest BCUT2D eigenvalue weighted by Gasteiger charge is -2.22. The molecule has 0 amide bonds. The first-order valence-electron chi connectivity index (χ1n) is 4.47. The summed E-state index contributed by atoms with van der Waals surface area (Å²) >= 11 is 3.62. The van der Waals surface area contributed by atoms with Gasteiger partial charge in [-0.2, -0.15) is 10.1 Å². The molecule has 1 atom stereocenters. The quantitative estimate of drug-likeness (QED) is 0.797. The Hall–Kier alpha value is -1.13. The van der Waals surface area contributed by atoms with Gasteiger partial charge in [-0.25, -0.2) is 0 Å². The van der Waals surface area contributed by atoms with Crippen molar-refractivity contribution in [2.24, 2.45) is 0 Å². The van der Waals surface area contributed by atoms with Gasteiger partial charge in [0.25, 0.3) is 0 Å². The van der Waals surface area contributed by atoms with Gasteiger partial charge in [-0.1, -0.05) is 11.6 Å². The molecule has 1 heterocycles. The SMILES string of the molecule is N#Cc1cc(Cl)c2c(c1)CCN2NS(=O)[O-]. The number of hydrogen-bond donors (Lipinski definition) is 1. The van der Waals surface area contributed by atoms with E-state index in [0.717, 1.165) is 5.56 Å². The second-order valence-electron chi connectivity index (χ2n) is 3.31. The van der Waals surface area contributed by atoms with Gasteiger partial charge in [-0.15, -0.1) is 0 Å². The first-order chi connectivity index (χ1) is 7.61. The van der Waals surface area contributed by atoms with Crippen LogP contribution in [0.1, 0.15) is 11.1 Å². The van der Waals surface area contributed by atoms with Crippen LogP contribution in [0.2, 0.25) is 5.02 Å². The van der Waals surface area contributed by atoms with Gasteiger partial charge in [0.15, 0.2) is 0 Å². The Morgan fingerprint density at radius 1 is 1.62 bits per heavy atom. The molecule has 2 rings (SSSR count). The van der Waals surface area contributed by atoms with Crippen LogP contribution in [0.25, 0.3) is 0 Å². The van der Waals surface area contributed by atoms with Crippen molar-refractivity contribution in [3.05, 3.63) is 28.3 Å². The lowest BCUT2D eigenvalue weighted by molar-refractivity contribution is 0.520. The van der Waals surface area contributed by atoms with Gasteiger partial charge >= 0.3 is 0 Å². The van der Waals surface area contributed by atoms with Crippen LogP contribution < -0.4 is 9.84 Å². The number of anilines is 1. The number of nitrogens with one attached hydrogen (secondary N) is 1. The molecule has 1 unspecified atom stereocenters. The second kappa shape index (κ2) is 4.39. The molecule has 1 aromatic carbocycles. The average molecular weight is 257 g/mol. The third kappa shape index (κ3) is 2.03. The summed E-state index contributed by atoms with van der Waals surface area (Å²) < 4.78 is 21.1. The number of hydrazine groups is 1. The molecule has 0 bridgehead atoms. The number of rotatable bonds is 2. The van der Waals surface area contributed by atoms with Crippen LogP contribution in [0.15, 0.2) is 12.1 Å². The summed E-state index contributed by atoms with van der Waals surface area (Å²) in [6.45, 7) is 0.512. The highest BCUT2D eigenvalue weighted by atomic mass is 35.5. The summed E-state index contributed by atoms with van der Waals surface area (Å²) in [5.41, 5.74) is 1.99. The van der Waals surface area contributed by atoms with E-state index < -0.39 is 11.3 Å². The van der Waals surface area contributed by atoms with Gasteiger partial charge in [0.1, 0.15) is 0 Å². The minimum absolute atomic E-state index is 0.379. The van der Waals surface area contributed by atoms with E-state index in [1.165, 1.54) is 11.1 Å². The summed E-state index contributed by atoms with van der Waals surface area (Å²) in [5, 5.41) is 10.6. The zero-order valence-corrected chi connectivity index (χ0v) is 9.64. The van der Waals surface area contributed by atoms with Gasteiger partial charge in [0.2, 0.25) is 0 Å². The van der Waals surface area contributed by atoms with Crippen LogP contribution in [-0.4, -0.2) is 15.3 Å². The van der Waals surface area contributed by atoms with Crippen molar-refractivity contribution in [3.63, 3.8) is 0 Å². The van der Waals surface area contributed by atoms with Crippen LogP contribution in [0, 0.1) is 11.3 Å². The van der Waals surface area contributed by atoms with Gasteiger partial charge in [0, 0.05) is 17.8 Å². The number of halogens is 1. The van der Waals surface area contributed by atoms with E-state index in [4.69, 9.17) is 16.9 Å². The summed E-state index contributed by atoms with van der Waals surface area (Å²) in [6, 6.07) is 5.25. The van der Waals surface area contributed by atoms with Crippen molar-refractivity contribution in [2.45, 2.75) is 6.42 Å². The molecular weight excluding hydrogens is 250 g/mol. The normalized spacial score (nSPS) is 15.7. The van der Waals surface area contributed by atoms with E-state index in [2.05, 4.69) is 4.83 Å². The Bertz CT molecular complexity index is 500. The lowest BCUT2D eigenvalue weighted by atomic mass is 10.1. The minimum atomic E-state index is -2.38. The number of hydrogen-bond acceptors (Lipinski definition) is 4. The number of nitrogens with zero attached hydrogens (tertiary/aromatic N) is 2. The highest BCUT2D eigenvalue weighted by Gasteiger charge is 2.22. The molecule has 0 spiro atoms. The monoisotopic (exact) mass is 256 g/mol. The van der Waals surface area contributed by atoms with Gasteiger partial charge in [0.05, 0.1) is 22.3 Å². The first-order valence-corrected chi connectivity index (χ1v) is 5.92. The lowest BCUT2D eigenvalue weighted by Crippen LogP contribution is -2.37. The van der Waals surface area contributed by atoms with E-state index in [1.807, 2.05) is 6.07 Å². The Morgan fingerprint density at radius 3 is 3.00 bits per heavy atom. The first kappa shape index (κ1) is 11.4. The maximum absolute atomic E-state index is 10.6. The number of nitriles is 1. The summed E-state index contributed by atoms with van der Waals surface area (Å²) in [6.07, 6.45) is 0.661. The van der Waals surface area contributed by atoms with Crippen LogP contribution in [0.4, 0.5) is 5.69 Å². The fourth-order valence-electron chi connectivity index (χ4n) is 1.74. The average Bonchev–Trinajstić information content (AvgIpc) is 2.60. The van der Waals surface area contributed by atoms with E-state index >= 15 is 0 Å². The zero-order chi connectivity index (χ0) is 11.7. The van der Waals surface area contributed by atoms with Crippen molar-refractivity contribution in [3.8, 4) is 6.07 Å². The van der Waals surface area contributed by atoms with Crippen molar-refractivity contribution >= 4 is 28.6 Å².